The van der Waals surface area contributed by atoms with Crippen molar-refractivity contribution in [1.29, 1.82) is 0 Å². The minimum Gasteiger partial charge on any atom is -0.387 e. The van der Waals surface area contributed by atoms with E-state index in [1.165, 1.54) is 0 Å². The molecule has 0 saturated heterocycles. The molecule has 0 unspecified atom stereocenters. The molecule has 1 aromatic heterocycles. The maximum absolute atomic E-state index is 12.9. The van der Waals surface area contributed by atoms with Gasteiger partial charge in [-0.2, -0.15) is 0 Å². The number of hydrogen-bond donors (Lipinski definition) is 1. The summed E-state index contributed by atoms with van der Waals surface area (Å²) in [5.74, 6) is 0.829. The van der Waals surface area contributed by atoms with Crippen molar-refractivity contribution in [2.24, 2.45) is 0 Å². The summed E-state index contributed by atoms with van der Waals surface area (Å²) in [6, 6.07) is 9.91. The van der Waals surface area contributed by atoms with E-state index in [1.54, 1.807) is 4.57 Å². The number of aromatic nitrogens is 2. The lowest BCUT2D eigenvalue weighted by molar-refractivity contribution is 0.166. The van der Waals surface area contributed by atoms with E-state index < -0.39 is 6.10 Å². The maximum atomic E-state index is 12.9. The van der Waals surface area contributed by atoms with E-state index in [9.17, 15) is 9.90 Å². The SMILES string of the molecule is CC[C@H](O)c1nc2n(c(=O)c1Cc1ccccc1)CCCC2. The van der Waals surface area contributed by atoms with Crippen LogP contribution in [-0.2, 0) is 19.4 Å². The first kappa shape index (κ1) is 15.0. The molecule has 0 bridgehead atoms. The third-order valence-corrected chi connectivity index (χ3v) is 4.33. The zero-order valence-corrected chi connectivity index (χ0v) is 13.0. The quantitative estimate of drug-likeness (QED) is 0.944. The fourth-order valence-corrected chi connectivity index (χ4v) is 3.07. The first-order valence-electron chi connectivity index (χ1n) is 8.05. The van der Waals surface area contributed by atoms with Crippen LogP contribution in [0.25, 0.3) is 0 Å². The second kappa shape index (κ2) is 6.44. The van der Waals surface area contributed by atoms with Crippen LogP contribution in [-0.4, -0.2) is 14.7 Å². The molecule has 0 radical (unpaired) electrons. The van der Waals surface area contributed by atoms with Crippen molar-refractivity contribution in [1.82, 2.24) is 9.55 Å². The van der Waals surface area contributed by atoms with Gasteiger partial charge in [-0.05, 0) is 24.8 Å². The van der Waals surface area contributed by atoms with E-state index in [1.807, 2.05) is 37.3 Å². The van der Waals surface area contributed by atoms with Gasteiger partial charge in [0.2, 0.25) is 0 Å². The molecule has 0 aliphatic carbocycles. The number of aliphatic hydroxyl groups excluding tert-OH is 1. The van der Waals surface area contributed by atoms with Gasteiger partial charge in [0.25, 0.3) is 5.56 Å². The summed E-state index contributed by atoms with van der Waals surface area (Å²) in [5.41, 5.74) is 2.31. The number of hydrogen-bond acceptors (Lipinski definition) is 3. The van der Waals surface area contributed by atoms with Gasteiger partial charge in [-0.15, -0.1) is 0 Å². The highest BCUT2D eigenvalue weighted by Gasteiger charge is 2.22. The fourth-order valence-electron chi connectivity index (χ4n) is 3.07. The number of benzene rings is 1. The Balaban J connectivity index is 2.11. The Morgan fingerprint density at radius 1 is 1.27 bits per heavy atom. The van der Waals surface area contributed by atoms with Gasteiger partial charge in [0.15, 0.2) is 0 Å². The van der Waals surface area contributed by atoms with E-state index >= 15 is 0 Å². The van der Waals surface area contributed by atoms with Gasteiger partial charge in [-0.3, -0.25) is 9.36 Å². The molecule has 1 aromatic carbocycles. The summed E-state index contributed by atoms with van der Waals surface area (Å²) in [7, 11) is 0. The molecule has 22 heavy (non-hydrogen) atoms. The van der Waals surface area contributed by atoms with Crippen LogP contribution in [0, 0.1) is 0 Å². The predicted octanol–water partition coefficient (Wildman–Crippen LogP) is 2.61. The van der Waals surface area contributed by atoms with Crippen molar-refractivity contribution in [3.05, 3.63) is 63.3 Å². The number of nitrogens with zero attached hydrogens (tertiary/aromatic N) is 2. The molecule has 3 rings (SSSR count). The molecule has 1 atom stereocenters. The number of aryl methyl sites for hydroxylation is 1. The van der Waals surface area contributed by atoms with E-state index in [0.717, 1.165) is 37.2 Å². The Hall–Kier alpha value is -1.94. The summed E-state index contributed by atoms with van der Waals surface area (Å²) in [6.45, 7) is 2.65. The number of rotatable bonds is 4. The third-order valence-electron chi connectivity index (χ3n) is 4.33. The van der Waals surface area contributed by atoms with Crippen molar-refractivity contribution < 1.29 is 5.11 Å². The highest BCUT2D eigenvalue weighted by molar-refractivity contribution is 5.29. The second-order valence-electron chi connectivity index (χ2n) is 5.89. The van der Waals surface area contributed by atoms with Crippen molar-refractivity contribution in [3.8, 4) is 0 Å². The zero-order valence-electron chi connectivity index (χ0n) is 13.0. The Kier molecular flexibility index (Phi) is 4.39. The van der Waals surface area contributed by atoms with Crippen molar-refractivity contribution >= 4 is 0 Å². The van der Waals surface area contributed by atoms with Crippen molar-refractivity contribution in [3.63, 3.8) is 0 Å². The molecule has 0 spiro atoms. The molecule has 4 heteroatoms. The molecule has 1 N–H and O–H groups in total. The van der Waals surface area contributed by atoms with Crippen LogP contribution < -0.4 is 5.56 Å². The molecule has 0 amide bonds. The molecular formula is C18H22N2O2. The van der Waals surface area contributed by atoms with Gasteiger partial charge in [-0.25, -0.2) is 4.98 Å². The van der Waals surface area contributed by atoms with Gasteiger partial charge in [-0.1, -0.05) is 37.3 Å². The van der Waals surface area contributed by atoms with Crippen LogP contribution in [0.2, 0.25) is 0 Å². The van der Waals surface area contributed by atoms with Crippen LogP contribution in [0.15, 0.2) is 35.1 Å². The Labute approximate surface area is 130 Å². The van der Waals surface area contributed by atoms with Gasteiger partial charge in [0.05, 0.1) is 11.8 Å². The van der Waals surface area contributed by atoms with Crippen LogP contribution in [0.4, 0.5) is 0 Å². The van der Waals surface area contributed by atoms with Gasteiger partial charge in [0, 0.05) is 24.9 Å². The van der Waals surface area contributed by atoms with Crippen LogP contribution in [0.5, 0.6) is 0 Å². The fraction of sp³-hybridized carbons (Fsp3) is 0.444. The van der Waals surface area contributed by atoms with E-state index in [4.69, 9.17) is 0 Å². The van der Waals surface area contributed by atoms with Gasteiger partial charge >= 0.3 is 0 Å². The lowest BCUT2D eigenvalue weighted by atomic mass is 10.00. The topological polar surface area (TPSA) is 55.1 Å². The van der Waals surface area contributed by atoms with Crippen molar-refractivity contribution in [2.75, 3.05) is 0 Å². The monoisotopic (exact) mass is 298 g/mol. The number of fused-ring (bicyclic) bond motifs is 1. The normalized spacial score (nSPS) is 15.4. The summed E-state index contributed by atoms with van der Waals surface area (Å²) in [5, 5.41) is 10.3. The van der Waals surface area contributed by atoms with E-state index in [-0.39, 0.29) is 5.56 Å². The van der Waals surface area contributed by atoms with E-state index in [0.29, 0.717) is 24.1 Å². The molecule has 1 aliphatic heterocycles. The Bertz CT molecular complexity index is 707. The molecule has 1 aliphatic rings. The average molecular weight is 298 g/mol. The lowest BCUT2D eigenvalue weighted by Crippen LogP contribution is -2.33. The highest BCUT2D eigenvalue weighted by atomic mass is 16.3. The largest absolute Gasteiger partial charge is 0.387 e. The summed E-state index contributed by atoms with van der Waals surface area (Å²) >= 11 is 0. The zero-order chi connectivity index (χ0) is 15.5. The minimum atomic E-state index is -0.667. The molecule has 2 aromatic rings. The highest BCUT2D eigenvalue weighted by Crippen LogP contribution is 2.21. The van der Waals surface area contributed by atoms with Gasteiger partial charge < -0.3 is 5.11 Å². The number of aliphatic hydroxyl groups is 1. The van der Waals surface area contributed by atoms with Crippen LogP contribution in [0.3, 0.4) is 0 Å². The molecule has 2 heterocycles. The third kappa shape index (κ3) is 2.83. The molecule has 4 nitrogen and oxygen atoms in total. The molecule has 0 saturated carbocycles. The van der Waals surface area contributed by atoms with E-state index in [2.05, 4.69) is 4.98 Å². The standard InChI is InChI=1S/C18H22N2O2/c1-2-15(21)17-14(12-13-8-4-3-5-9-13)18(22)20-11-7-6-10-16(20)19-17/h3-5,8-9,15,21H,2,6-7,10-12H2,1H3/t15-/m0/s1. The van der Waals surface area contributed by atoms with Crippen LogP contribution >= 0.6 is 0 Å². The van der Waals surface area contributed by atoms with Crippen molar-refractivity contribution in [2.45, 2.75) is 51.7 Å². The average Bonchev–Trinajstić information content (AvgIpc) is 2.57. The smallest absolute Gasteiger partial charge is 0.257 e. The summed E-state index contributed by atoms with van der Waals surface area (Å²) in [4.78, 5) is 17.5. The Morgan fingerprint density at radius 2 is 2.05 bits per heavy atom. The Morgan fingerprint density at radius 3 is 2.77 bits per heavy atom. The first-order valence-corrected chi connectivity index (χ1v) is 8.05. The predicted molar refractivity (Wildman–Crippen MR) is 85.9 cm³/mol. The minimum absolute atomic E-state index is 0.0241. The second-order valence-corrected chi connectivity index (χ2v) is 5.89. The van der Waals surface area contributed by atoms with Crippen LogP contribution in [0.1, 0.15) is 54.9 Å². The lowest BCUT2D eigenvalue weighted by Gasteiger charge is -2.22. The molecule has 0 fully saturated rings. The summed E-state index contributed by atoms with van der Waals surface area (Å²) < 4.78 is 1.80. The first-order chi connectivity index (χ1) is 10.7. The molecule has 116 valence electrons. The van der Waals surface area contributed by atoms with Gasteiger partial charge in [0.1, 0.15) is 5.82 Å². The maximum Gasteiger partial charge on any atom is 0.257 e. The molecular weight excluding hydrogens is 276 g/mol. The summed E-state index contributed by atoms with van der Waals surface area (Å²) in [6.07, 6.45) is 3.34.